The molecule has 0 atom stereocenters. The third kappa shape index (κ3) is 2.36. The van der Waals surface area contributed by atoms with Gasteiger partial charge >= 0.3 is 0 Å². The van der Waals surface area contributed by atoms with Gasteiger partial charge in [-0.2, -0.15) is 5.26 Å². The predicted molar refractivity (Wildman–Crippen MR) is 74.5 cm³/mol. The molecule has 2 heteroatoms. The summed E-state index contributed by atoms with van der Waals surface area (Å²) in [5, 5.41) is 9.93. The Kier molecular flexibility index (Phi) is 3.09. The van der Waals surface area contributed by atoms with Crippen LogP contribution in [0.25, 0.3) is 10.9 Å². The highest BCUT2D eigenvalue weighted by Crippen LogP contribution is 2.27. The van der Waals surface area contributed by atoms with Gasteiger partial charge in [0.1, 0.15) is 0 Å². The van der Waals surface area contributed by atoms with Crippen LogP contribution in [0, 0.1) is 18.3 Å². The van der Waals surface area contributed by atoms with Crippen molar-refractivity contribution < 1.29 is 0 Å². The first-order chi connectivity index (χ1) is 8.41. The van der Waals surface area contributed by atoms with Crippen LogP contribution in [0.2, 0.25) is 0 Å². The molecule has 0 N–H and O–H groups in total. The summed E-state index contributed by atoms with van der Waals surface area (Å²) in [5.74, 6) is 0. The predicted octanol–water partition coefficient (Wildman–Crippen LogP) is 3.91. The average molecular weight is 238 g/mol. The zero-order chi connectivity index (χ0) is 13.3. The Bertz CT molecular complexity index is 628. The van der Waals surface area contributed by atoms with Crippen LogP contribution in [-0.4, -0.2) is 4.98 Å². The van der Waals surface area contributed by atoms with Crippen LogP contribution in [0.4, 0.5) is 0 Å². The van der Waals surface area contributed by atoms with E-state index in [4.69, 9.17) is 5.26 Å². The summed E-state index contributed by atoms with van der Waals surface area (Å²) in [6, 6.07) is 10.6. The third-order valence-corrected chi connectivity index (χ3v) is 3.19. The molecule has 0 radical (unpaired) electrons. The van der Waals surface area contributed by atoms with Crippen molar-refractivity contribution in [3.05, 3.63) is 41.1 Å². The average Bonchev–Trinajstić information content (AvgIpc) is 2.27. The van der Waals surface area contributed by atoms with Crippen molar-refractivity contribution in [1.29, 1.82) is 5.26 Å². The van der Waals surface area contributed by atoms with Crippen molar-refractivity contribution in [3.63, 3.8) is 0 Å². The van der Waals surface area contributed by atoms with Gasteiger partial charge in [0.25, 0.3) is 0 Å². The maximum Gasteiger partial charge on any atom is 0.0775 e. The monoisotopic (exact) mass is 238 g/mol. The van der Waals surface area contributed by atoms with E-state index in [2.05, 4.69) is 56.9 Å². The molecule has 92 valence electrons. The molecule has 1 aromatic heterocycles. The standard InChI is InChI=1S/C16H18N2/c1-11-9-13(7-8-17)18-15-6-5-12(10-14(11)15)16(2,3)4/h5-6,9-10H,7H2,1-4H3. The molecule has 0 amide bonds. The van der Waals surface area contributed by atoms with Gasteiger partial charge in [-0.05, 0) is 41.7 Å². The molecule has 0 fully saturated rings. The Morgan fingerprint density at radius 1 is 1.22 bits per heavy atom. The van der Waals surface area contributed by atoms with Crippen LogP contribution < -0.4 is 0 Å². The largest absolute Gasteiger partial charge is 0.252 e. The van der Waals surface area contributed by atoms with Crippen LogP contribution in [0.5, 0.6) is 0 Å². The molecule has 0 spiro atoms. The number of benzene rings is 1. The van der Waals surface area contributed by atoms with Crippen molar-refractivity contribution >= 4 is 10.9 Å². The number of aromatic nitrogens is 1. The molecule has 0 aliphatic rings. The fourth-order valence-corrected chi connectivity index (χ4v) is 2.10. The SMILES string of the molecule is Cc1cc(CC#N)nc2ccc(C(C)(C)C)cc12. The first-order valence-corrected chi connectivity index (χ1v) is 6.19. The van der Waals surface area contributed by atoms with Crippen molar-refractivity contribution in [3.8, 4) is 6.07 Å². The molecule has 0 saturated heterocycles. The molecule has 0 saturated carbocycles. The fourth-order valence-electron chi connectivity index (χ4n) is 2.10. The summed E-state index contributed by atoms with van der Waals surface area (Å²) in [6.45, 7) is 8.71. The van der Waals surface area contributed by atoms with E-state index in [0.29, 0.717) is 6.42 Å². The highest BCUT2D eigenvalue weighted by atomic mass is 14.7. The number of rotatable bonds is 1. The highest BCUT2D eigenvalue weighted by Gasteiger charge is 2.14. The normalized spacial score (nSPS) is 11.5. The first-order valence-electron chi connectivity index (χ1n) is 6.19. The van der Waals surface area contributed by atoms with E-state index in [9.17, 15) is 0 Å². The van der Waals surface area contributed by atoms with Crippen LogP contribution in [0.15, 0.2) is 24.3 Å². The topological polar surface area (TPSA) is 36.7 Å². The molecule has 2 nitrogen and oxygen atoms in total. The minimum Gasteiger partial charge on any atom is -0.252 e. The number of fused-ring (bicyclic) bond motifs is 1. The van der Waals surface area contributed by atoms with Gasteiger partial charge in [-0.1, -0.05) is 26.8 Å². The maximum absolute atomic E-state index is 8.74. The molecule has 0 bridgehead atoms. The van der Waals surface area contributed by atoms with E-state index in [0.717, 1.165) is 11.2 Å². The zero-order valence-corrected chi connectivity index (χ0v) is 11.4. The smallest absolute Gasteiger partial charge is 0.0775 e. The van der Waals surface area contributed by atoms with Crippen molar-refractivity contribution in [2.75, 3.05) is 0 Å². The summed E-state index contributed by atoms with van der Waals surface area (Å²) >= 11 is 0. The van der Waals surface area contributed by atoms with Gasteiger partial charge < -0.3 is 0 Å². The second kappa shape index (κ2) is 4.42. The van der Waals surface area contributed by atoms with Gasteiger partial charge in [0.05, 0.1) is 23.7 Å². The number of hydrogen-bond acceptors (Lipinski definition) is 2. The lowest BCUT2D eigenvalue weighted by molar-refractivity contribution is 0.591. The fraction of sp³-hybridized carbons (Fsp3) is 0.375. The Morgan fingerprint density at radius 2 is 1.94 bits per heavy atom. The minimum absolute atomic E-state index is 0.145. The molecule has 18 heavy (non-hydrogen) atoms. The van der Waals surface area contributed by atoms with Crippen LogP contribution in [0.3, 0.4) is 0 Å². The molecule has 2 aromatic rings. The van der Waals surface area contributed by atoms with Gasteiger partial charge in [0.2, 0.25) is 0 Å². The molecule has 0 unspecified atom stereocenters. The number of hydrogen-bond donors (Lipinski definition) is 0. The lowest BCUT2D eigenvalue weighted by atomic mass is 9.86. The van der Waals surface area contributed by atoms with Crippen LogP contribution in [0.1, 0.15) is 37.6 Å². The number of pyridine rings is 1. The lowest BCUT2D eigenvalue weighted by Crippen LogP contribution is -2.10. The quantitative estimate of drug-likeness (QED) is 0.755. The number of aryl methyl sites for hydroxylation is 1. The highest BCUT2D eigenvalue weighted by molar-refractivity contribution is 5.83. The van der Waals surface area contributed by atoms with Gasteiger partial charge in [0, 0.05) is 5.39 Å². The molecule has 2 rings (SSSR count). The summed E-state index contributed by atoms with van der Waals surface area (Å²) in [4.78, 5) is 4.53. The molecular weight excluding hydrogens is 220 g/mol. The first kappa shape index (κ1) is 12.6. The summed E-state index contributed by atoms with van der Waals surface area (Å²) in [6.07, 6.45) is 0.373. The van der Waals surface area contributed by atoms with Crippen LogP contribution in [-0.2, 0) is 11.8 Å². The van der Waals surface area contributed by atoms with Gasteiger partial charge in [-0.25, -0.2) is 0 Å². The van der Waals surface area contributed by atoms with E-state index in [1.165, 1.54) is 16.5 Å². The molecule has 0 aliphatic carbocycles. The van der Waals surface area contributed by atoms with Gasteiger partial charge in [-0.3, -0.25) is 4.98 Å². The molecule has 1 heterocycles. The van der Waals surface area contributed by atoms with Crippen molar-refractivity contribution in [1.82, 2.24) is 4.98 Å². The molecular formula is C16H18N2. The number of nitriles is 1. The Balaban J connectivity index is 2.62. The van der Waals surface area contributed by atoms with E-state index < -0.39 is 0 Å². The lowest BCUT2D eigenvalue weighted by Gasteiger charge is -2.19. The summed E-state index contributed by atoms with van der Waals surface area (Å²) in [7, 11) is 0. The van der Waals surface area contributed by atoms with E-state index in [1.54, 1.807) is 0 Å². The third-order valence-electron chi connectivity index (χ3n) is 3.19. The summed E-state index contributed by atoms with van der Waals surface area (Å²) in [5.41, 5.74) is 4.48. The van der Waals surface area contributed by atoms with E-state index in [-0.39, 0.29) is 5.41 Å². The molecule has 1 aromatic carbocycles. The van der Waals surface area contributed by atoms with Crippen molar-refractivity contribution in [2.45, 2.75) is 39.5 Å². The van der Waals surface area contributed by atoms with Gasteiger partial charge in [-0.15, -0.1) is 0 Å². The number of nitrogens with zero attached hydrogens (tertiary/aromatic N) is 2. The summed E-state index contributed by atoms with van der Waals surface area (Å²) < 4.78 is 0. The maximum atomic E-state index is 8.74. The Morgan fingerprint density at radius 3 is 2.56 bits per heavy atom. The second-order valence-electron chi connectivity index (χ2n) is 5.75. The van der Waals surface area contributed by atoms with Gasteiger partial charge in [0.15, 0.2) is 0 Å². The minimum atomic E-state index is 0.145. The zero-order valence-electron chi connectivity index (χ0n) is 11.4. The molecule has 0 aliphatic heterocycles. The van der Waals surface area contributed by atoms with E-state index in [1.807, 2.05) is 6.07 Å². The van der Waals surface area contributed by atoms with Crippen molar-refractivity contribution in [2.24, 2.45) is 0 Å². The Labute approximate surface area is 108 Å². The van der Waals surface area contributed by atoms with Crippen LogP contribution >= 0.6 is 0 Å². The Hall–Kier alpha value is -1.88. The second-order valence-corrected chi connectivity index (χ2v) is 5.75. The van der Waals surface area contributed by atoms with E-state index >= 15 is 0 Å².